The second-order valence-corrected chi connectivity index (χ2v) is 12.5. The van der Waals surface area contributed by atoms with Crippen LogP contribution in [0.3, 0.4) is 0 Å². The number of aliphatic hydroxyl groups is 1. The zero-order valence-electron chi connectivity index (χ0n) is 24.0. The lowest BCUT2D eigenvalue weighted by Gasteiger charge is -2.30. The Balaban J connectivity index is 4.23. The van der Waals surface area contributed by atoms with E-state index in [1.165, 1.54) is 64.2 Å². The molecule has 0 radical (unpaired) electrons. The summed E-state index contributed by atoms with van der Waals surface area (Å²) in [7, 11) is 1.30. The number of carbonyl (C=O) groups excluding carboxylic acids is 1. The van der Waals surface area contributed by atoms with E-state index in [4.69, 9.17) is 9.05 Å². The number of likely N-dealkylation sites (N-methyl/N-ethyl adjacent to an activating group) is 1. The lowest BCUT2D eigenvalue weighted by molar-refractivity contribution is -0.870. The van der Waals surface area contributed by atoms with Gasteiger partial charge < -0.3 is 28.8 Å². The van der Waals surface area contributed by atoms with Crippen molar-refractivity contribution in [1.29, 1.82) is 0 Å². The van der Waals surface area contributed by atoms with Gasteiger partial charge >= 0.3 is 0 Å². The van der Waals surface area contributed by atoms with E-state index in [0.717, 1.165) is 19.3 Å². The zero-order valence-corrected chi connectivity index (χ0v) is 24.9. The molecule has 0 spiro atoms. The highest BCUT2D eigenvalue weighted by Gasteiger charge is 2.24. The van der Waals surface area contributed by atoms with Crippen molar-refractivity contribution in [3.8, 4) is 0 Å². The molecule has 0 aliphatic carbocycles. The van der Waals surface area contributed by atoms with Crippen molar-refractivity contribution >= 4 is 13.7 Å². The van der Waals surface area contributed by atoms with Gasteiger partial charge in [0.1, 0.15) is 13.2 Å². The molecule has 0 aliphatic heterocycles. The Morgan fingerprint density at radius 3 is 1.83 bits per heavy atom. The van der Waals surface area contributed by atoms with Crippen LogP contribution in [0.15, 0.2) is 0 Å². The average molecular weight is 537 g/mol. The molecule has 0 aromatic carbocycles. The number of carbonyl (C=O) groups is 1. The smallest absolute Gasteiger partial charge is 0.268 e. The largest absolute Gasteiger partial charge is 0.756 e. The molecule has 0 heterocycles. The molecule has 9 heteroatoms. The molecule has 0 fully saturated rings. The highest BCUT2D eigenvalue weighted by Crippen LogP contribution is 2.38. The molecule has 216 valence electrons. The molecule has 0 rings (SSSR count). The van der Waals surface area contributed by atoms with Gasteiger partial charge in [0.15, 0.2) is 0 Å². The van der Waals surface area contributed by atoms with E-state index in [1.54, 1.807) is 0 Å². The van der Waals surface area contributed by atoms with Crippen LogP contribution in [0.2, 0.25) is 0 Å². The quantitative estimate of drug-likeness (QED) is 0.0929. The Morgan fingerprint density at radius 2 is 1.36 bits per heavy atom. The number of aliphatic hydroxyl groups excluding tert-OH is 1. The number of unbranched alkanes of at least 4 members (excludes halogenated alkanes) is 12. The molecule has 0 bridgehead atoms. The van der Waals surface area contributed by atoms with Crippen molar-refractivity contribution in [2.75, 3.05) is 40.9 Å². The van der Waals surface area contributed by atoms with E-state index in [-0.39, 0.29) is 19.1 Å². The fraction of sp³-hybridized carbons (Fsp3) is 0.963. The van der Waals surface area contributed by atoms with Crippen LogP contribution in [0.25, 0.3) is 0 Å². The number of phosphoric acid groups is 1. The fourth-order valence-corrected chi connectivity index (χ4v) is 4.69. The van der Waals surface area contributed by atoms with Crippen molar-refractivity contribution in [2.24, 2.45) is 0 Å². The molecule has 3 unspecified atom stereocenters. The van der Waals surface area contributed by atoms with Gasteiger partial charge in [-0.3, -0.25) is 9.36 Å². The van der Waals surface area contributed by atoms with Gasteiger partial charge in [0, 0.05) is 6.42 Å². The summed E-state index contributed by atoms with van der Waals surface area (Å²) in [6.45, 7) is 4.33. The summed E-state index contributed by atoms with van der Waals surface area (Å²) >= 11 is 0. The first-order chi connectivity index (χ1) is 17.0. The maximum Gasteiger partial charge on any atom is 0.268 e. The molecule has 8 nitrogen and oxygen atoms in total. The van der Waals surface area contributed by atoms with Crippen molar-refractivity contribution in [2.45, 2.75) is 129 Å². The van der Waals surface area contributed by atoms with Crippen LogP contribution in [-0.4, -0.2) is 68.5 Å². The number of hydrogen-bond donors (Lipinski definition) is 2. The minimum atomic E-state index is -4.51. The molecule has 1 amide bonds. The first-order valence-electron chi connectivity index (χ1n) is 14.4. The molecule has 2 N–H and O–H groups in total. The van der Waals surface area contributed by atoms with Crippen LogP contribution in [0, 0.1) is 0 Å². The number of quaternary nitrogens is 1. The van der Waals surface area contributed by atoms with Gasteiger partial charge in [-0.05, 0) is 12.8 Å². The molecular weight excluding hydrogens is 479 g/mol. The molecule has 0 aromatic rings. The van der Waals surface area contributed by atoms with Gasteiger partial charge in [-0.15, -0.1) is 0 Å². The maximum absolute atomic E-state index is 12.1. The summed E-state index contributed by atoms with van der Waals surface area (Å²) in [6, 6.07) is -0.786. The van der Waals surface area contributed by atoms with Gasteiger partial charge in [0.05, 0.1) is 39.9 Å². The Kier molecular flexibility index (Phi) is 21.1. The minimum Gasteiger partial charge on any atom is -0.756 e. The summed E-state index contributed by atoms with van der Waals surface area (Å²) in [4.78, 5) is 24.2. The number of phosphoric ester groups is 1. The normalized spacial score (nSPS) is 15.4. The van der Waals surface area contributed by atoms with E-state index in [9.17, 15) is 19.4 Å². The Morgan fingerprint density at radius 1 is 0.861 bits per heavy atom. The predicted octanol–water partition coefficient (Wildman–Crippen LogP) is 5.32. The molecular formula is C27H57N2O6P. The van der Waals surface area contributed by atoms with Crippen molar-refractivity contribution in [1.82, 2.24) is 5.32 Å². The first-order valence-corrected chi connectivity index (χ1v) is 15.8. The second-order valence-electron chi connectivity index (χ2n) is 11.1. The summed E-state index contributed by atoms with van der Waals surface area (Å²) in [5.41, 5.74) is 0. The van der Waals surface area contributed by atoms with Crippen LogP contribution in [0.1, 0.15) is 117 Å². The zero-order chi connectivity index (χ0) is 27.3. The number of nitrogens with zero attached hydrogens (tertiary/aromatic N) is 1. The van der Waals surface area contributed by atoms with Gasteiger partial charge in [0.25, 0.3) is 7.82 Å². The Bertz CT molecular complexity index is 585. The summed E-state index contributed by atoms with van der Waals surface area (Å²) < 4.78 is 22.6. The lowest BCUT2D eigenvalue weighted by atomic mass is 10.0. The van der Waals surface area contributed by atoms with E-state index < -0.39 is 20.0 Å². The number of hydrogen-bond acceptors (Lipinski definition) is 6. The average Bonchev–Trinajstić information content (AvgIpc) is 2.78. The van der Waals surface area contributed by atoms with Crippen molar-refractivity contribution in [3.63, 3.8) is 0 Å². The molecule has 0 aliphatic rings. The monoisotopic (exact) mass is 536 g/mol. The highest BCUT2D eigenvalue weighted by molar-refractivity contribution is 7.45. The second kappa shape index (κ2) is 21.4. The molecule has 0 saturated carbocycles. The highest BCUT2D eigenvalue weighted by atomic mass is 31.2. The van der Waals surface area contributed by atoms with E-state index in [2.05, 4.69) is 12.2 Å². The van der Waals surface area contributed by atoms with Gasteiger partial charge in [-0.25, -0.2) is 0 Å². The third-order valence-corrected chi connectivity index (χ3v) is 7.28. The standard InChI is InChI=1S/C27H57N2O6P/c1-6-8-9-10-11-12-13-14-15-16-17-18-19-21-26(30)25(28-27(31)20-7-2)24-35-36(32,33)34-23-22-29(3,4)5/h25-26,30H,6-24H2,1-5H3,(H-,28,31,32,33). The Hall–Kier alpha value is -0.500. The maximum atomic E-state index is 12.1. The van der Waals surface area contributed by atoms with Gasteiger partial charge in [-0.2, -0.15) is 0 Å². The van der Waals surface area contributed by atoms with Crippen LogP contribution in [0.4, 0.5) is 0 Å². The Labute approximate surface area is 221 Å². The number of nitrogens with one attached hydrogen (secondary N) is 1. The molecule has 0 saturated heterocycles. The van der Waals surface area contributed by atoms with Crippen molar-refractivity contribution < 1.29 is 32.9 Å². The third kappa shape index (κ3) is 22.7. The topological polar surface area (TPSA) is 108 Å². The number of rotatable bonds is 25. The van der Waals surface area contributed by atoms with Gasteiger partial charge in [-0.1, -0.05) is 97.3 Å². The lowest BCUT2D eigenvalue weighted by Crippen LogP contribution is -2.46. The summed E-state index contributed by atoms with van der Waals surface area (Å²) in [6.07, 6.45) is 16.8. The van der Waals surface area contributed by atoms with Crippen molar-refractivity contribution in [3.05, 3.63) is 0 Å². The van der Waals surface area contributed by atoms with Gasteiger partial charge in [0.2, 0.25) is 5.91 Å². The fourth-order valence-electron chi connectivity index (χ4n) is 3.96. The summed E-state index contributed by atoms with van der Waals surface area (Å²) in [5.74, 6) is -0.220. The summed E-state index contributed by atoms with van der Waals surface area (Å²) in [5, 5.41) is 13.4. The van der Waals surface area contributed by atoms with Crippen LogP contribution in [0.5, 0.6) is 0 Å². The van der Waals surface area contributed by atoms with E-state index in [1.807, 2.05) is 28.1 Å². The molecule has 0 aromatic heterocycles. The molecule has 36 heavy (non-hydrogen) atoms. The van der Waals surface area contributed by atoms with Crippen LogP contribution >= 0.6 is 7.82 Å². The van der Waals surface area contributed by atoms with E-state index in [0.29, 0.717) is 30.3 Å². The van der Waals surface area contributed by atoms with E-state index >= 15 is 0 Å². The third-order valence-electron chi connectivity index (χ3n) is 6.32. The molecule has 3 atom stereocenters. The minimum absolute atomic E-state index is 0.0126. The van der Waals surface area contributed by atoms with Crippen LogP contribution in [-0.2, 0) is 18.4 Å². The first kappa shape index (κ1) is 35.5. The SMILES string of the molecule is CCCCCCCCCCCCCCCC(O)C(COP(=O)([O-])OCC[N+](C)(C)C)NC(=O)CCC. The van der Waals surface area contributed by atoms with Crippen LogP contribution < -0.4 is 10.2 Å². The number of amides is 1. The predicted molar refractivity (Wildman–Crippen MR) is 146 cm³/mol.